The van der Waals surface area contributed by atoms with E-state index >= 15 is 0 Å². The van der Waals surface area contributed by atoms with Crippen LogP contribution in [0.1, 0.15) is 35.7 Å². The lowest BCUT2D eigenvalue weighted by atomic mass is 9.99. The molecule has 0 aromatic heterocycles. The highest BCUT2D eigenvalue weighted by Gasteiger charge is 2.30. The third-order valence-corrected chi connectivity index (χ3v) is 7.50. The standard InChI is InChI=1S/C19H29N3O3S/c1-15-5-4-8-21(14-15)19(23)17-7-6-16(2)18(13-17)26(24,25)22-11-9-20(3)10-12-22/h6-7,13,15H,4-5,8-12,14H2,1-3H3/t15-/m1/s1. The molecule has 2 aliphatic heterocycles. The highest BCUT2D eigenvalue weighted by Crippen LogP contribution is 2.24. The third kappa shape index (κ3) is 3.94. The zero-order valence-corrected chi connectivity index (χ0v) is 16.8. The zero-order valence-electron chi connectivity index (χ0n) is 15.9. The molecule has 1 aromatic carbocycles. The number of nitrogens with zero attached hydrogens (tertiary/aromatic N) is 3. The van der Waals surface area contributed by atoms with E-state index in [9.17, 15) is 13.2 Å². The molecule has 1 amide bonds. The number of carbonyl (C=O) groups is 1. The molecular formula is C19H29N3O3S. The Hall–Kier alpha value is -1.44. The smallest absolute Gasteiger partial charge is 0.253 e. The fourth-order valence-electron chi connectivity index (χ4n) is 3.74. The minimum Gasteiger partial charge on any atom is -0.338 e. The summed E-state index contributed by atoms with van der Waals surface area (Å²) < 4.78 is 27.7. The van der Waals surface area contributed by atoms with E-state index in [2.05, 4.69) is 11.8 Å². The molecule has 26 heavy (non-hydrogen) atoms. The number of sulfonamides is 1. The SMILES string of the molecule is Cc1ccc(C(=O)N2CCC[C@@H](C)C2)cc1S(=O)(=O)N1CCN(C)CC1. The van der Waals surface area contributed by atoms with E-state index in [1.807, 2.05) is 11.9 Å². The van der Waals surface area contributed by atoms with Gasteiger partial charge in [0, 0.05) is 44.8 Å². The van der Waals surface area contributed by atoms with Gasteiger partial charge in [-0.2, -0.15) is 4.31 Å². The van der Waals surface area contributed by atoms with E-state index in [0.29, 0.717) is 30.1 Å². The van der Waals surface area contributed by atoms with E-state index in [4.69, 9.17) is 0 Å². The summed E-state index contributed by atoms with van der Waals surface area (Å²) in [5, 5.41) is 0. The van der Waals surface area contributed by atoms with Crippen molar-refractivity contribution in [1.82, 2.24) is 14.1 Å². The van der Waals surface area contributed by atoms with Crippen LogP contribution in [0.3, 0.4) is 0 Å². The minimum absolute atomic E-state index is 0.0635. The lowest BCUT2D eigenvalue weighted by Crippen LogP contribution is -2.47. The van der Waals surface area contributed by atoms with Gasteiger partial charge in [-0.25, -0.2) is 8.42 Å². The van der Waals surface area contributed by atoms with Crippen molar-refractivity contribution in [2.75, 3.05) is 46.3 Å². The van der Waals surface area contributed by atoms with E-state index in [-0.39, 0.29) is 10.8 Å². The minimum atomic E-state index is -3.58. The van der Waals surface area contributed by atoms with E-state index < -0.39 is 10.0 Å². The van der Waals surface area contributed by atoms with Crippen LogP contribution < -0.4 is 0 Å². The van der Waals surface area contributed by atoms with Gasteiger partial charge in [0.2, 0.25) is 10.0 Å². The fourth-order valence-corrected chi connectivity index (χ4v) is 5.41. The molecule has 3 rings (SSSR count). The van der Waals surface area contributed by atoms with Crippen molar-refractivity contribution in [2.45, 2.75) is 31.6 Å². The summed E-state index contributed by atoms with van der Waals surface area (Å²) in [6, 6.07) is 5.08. The van der Waals surface area contributed by atoms with Gasteiger partial charge in [-0.15, -0.1) is 0 Å². The van der Waals surface area contributed by atoms with Crippen molar-refractivity contribution in [2.24, 2.45) is 5.92 Å². The summed E-state index contributed by atoms with van der Waals surface area (Å²) in [6.07, 6.45) is 2.14. The molecule has 0 radical (unpaired) electrons. The number of rotatable bonds is 3. The first-order chi connectivity index (χ1) is 12.3. The highest BCUT2D eigenvalue weighted by molar-refractivity contribution is 7.89. The number of likely N-dealkylation sites (tertiary alicyclic amines) is 1. The average Bonchev–Trinajstić information content (AvgIpc) is 2.62. The van der Waals surface area contributed by atoms with Crippen molar-refractivity contribution in [3.05, 3.63) is 29.3 Å². The van der Waals surface area contributed by atoms with Crippen molar-refractivity contribution in [3.8, 4) is 0 Å². The van der Waals surface area contributed by atoms with Crippen LogP contribution in [0.5, 0.6) is 0 Å². The molecule has 144 valence electrons. The lowest BCUT2D eigenvalue weighted by Gasteiger charge is -2.32. The summed E-state index contributed by atoms with van der Waals surface area (Å²) in [5.74, 6) is 0.429. The van der Waals surface area contributed by atoms with Crippen LogP contribution in [0.4, 0.5) is 0 Å². The number of aryl methyl sites for hydroxylation is 1. The maximum absolute atomic E-state index is 13.1. The molecule has 1 aromatic rings. The number of hydrogen-bond donors (Lipinski definition) is 0. The second-order valence-corrected chi connectivity index (χ2v) is 9.59. The first-order valence-electron chi connectivity index (χ1n) is 9.37. The quantitative estimate of drug-likeness (QED) is 0.804. The lowest BCUT2D eigenvalue weighted by molar-refractivity contribution is 0.0683. The largest absolute Gasteiger partial charge is 0.338 e. The predicted molar refractivity (Wildman–Crippen MR) is 102 cm³/mol. The molecule has 0 unspecified atom stereocenters. The summed E-state index contributed by atoms with van der Waals surface area (Å²) in [5.41, 5.74) is 1.16. The predicted octanol–water partition coefficient (Wildman–Crippen LogP) is 1.80. The van der Waals surface area contributed by atoms with Gasteiger partial charge in [0.15, 0.2) is 0 Å². The van der Waals surface area contributed by atoms with Crippen molar-refractivity contribution in [3.63, 3.8) is 0 Å². The Morgan fingerprint density at radius 1 is 1.12 bits per heavy atom. The van der Waals surface area contributed by atoms with Crippen molar-refractivity contribution < 1.29 is 13.2 Å². The van der Waals surface area contributed by atoms with Crippen LogP contribution >= 0.6 is 0 Å². The third-order valence-electron chi connectivity index (χ3n) is 5.46. The normalized spacial score (nSPS) is 23.2. The topological polar surface area (TPSA) is 60.9 Å². The van der Waals surface area contributed by atoms with Crippen molar-refractivity contribution >= 4 is 15.9 Å². The highest BCUT2D eigenvalue weighted by atomic mass is 32.2. The van der Waals surface area contributed by atoms with Crippen LogP contribution in [-0.4, -0.2) is 74.7 Å². The van der Waals surface area contributed by atoms with Crippen LogP contribution in [0.25, 0.3) is 0 Å². The van der Waals surface area contributed by atoms with Gasteiger partial charge < -0.3 is 9.80 Å². The first kappa shape index (κ1) is 19.3. The number of benzene rings is 1. The Labute approximate surface area is 156 Å². The number of amides is 1. The average molecular weight is 380 g/mol. The summed E-state index contributed by atoms with van der Waals surface area (Å²) >= 11 is 0. The van der Waals surface area contributed by atoms with Crippen LogP contribution in [0, 0.1) is 12.8 Å². The molecule has 0 bridgehead atoms. The molecule has 6 nitrogen and oxygen atoms in total. The van der Waals surface area contributed by atoms with E-state index in [0.717, 1.165) is 39.0 Å². The monoisotopic (exact) mass is 379 g/mol. The molecule has 2 aliphatic rings. The number of piperidine rings is 1. The second-order valence-electron chi connectivity index (χ2n) is 7.69. The molecule has 0 aliphatic carbocycles. The second kappa shape index (κ2) is 7.66. The molecule has 2 fully saturated rings. The van der Waals surface area contributed by atoms with Gasteiger partial charge in [0.05, 0.1) is 4.90 Å². The maximum Gasteiger partial charge on any atom is 0.253 e. The molecule has 1 atom stereocenters. The van der Waals surface area contributed by atoms with Crippen LogP contribution in [0.15, 0.2) is 23.1 Å². The van der Waals surface area contributed by atoms with Gasteiger partial charge >= 0.3 is 0 Å². The number of hydrogen-bond acceptors (Lipinski definition) is 4. The Balaban J connectivity index is 1.86. The van der Waals surface area contributed by atoms with E-state index in [1.165, 1.54) is 4.31 Å². The molecular weight excluding hydrogens is 350 g/mol. The van der Waals surface area contributed by atoms with Gasteiger partial charge in [-0.3, -0.25) is 4.79 Å². The number of likely N-dealkylation sites (N-methyl/N-ethyl adjacent to an activating group) is 1. The molecule has 0 saturated carbocycles. The Morgan fingerprint density at radius 2 is 1.81 bits per heavy atom. The Kier molecular flexibility index (Phi) is 5.69. The van der Waals surface area contributed by atoms with Gasteiger partial charge in [-0.05, 0) is 50.4 Å². The molecule has 7 heteroatoms. The summed E-state index contributed by atoms with van der Waals surface area (Å²) in [7, 11) is -1.58. The number of carbonyl (C=O) groups excluding carboxylic acids is 1. The van der Waals surface area contributed by atoms with Gasteiger partial charge in [-0.1, -0.05) is 13.0 Å². The zero-order chi connectivity index (χ0) is 18.9. The van der Waals surface area contributed by atoms with Gasteiger partial charge in [0.25, 0.3) is 5.91 Å². The summed E-state index contributed by atoms with van der Waals surface area (Å²) in [4.78, 5) is 17.1. The maximum atomic E-state index is 13.1. The molecule has 2 heterocycles. The fraction of sp³-hybridized carbons (Fsp3) is 0.632. The molecule has 0 spiro atoms. The Bertz CT molecular complexity index is 770. The summed E-state index contributed by atoms with van der Waals surface area (Å²) in [6.45, 7) is 7.86. The first-order valence-corrected chi connectivity index (χ1v) is 10.8. The van der Waals surface area contributed by atoms with E-state index in [1.54, 1.807) is 25.1 Å². The van der Waals surface area contributed by atoms with Crippen LogP contribution in [0.2, 0.25) is 0 Å². The Morgan fingerprint density at radius 3 is 2.46 bits per heavy atom. The molecule has 0 N–H and O–H groups in total. The van der Waals surface area contributed by atoms with Gasteiger partial charge in [0.1, 0.15) is 0 Å². The van der Waals surface area contributed by atoms with Crippen molar-refractivity contribution in [1.29, 1.82) is 0 Å². The van der Waals surface area contributed by atoms with Crippen LogP contribution in [-0.2, 0) is 10.0 Å². The number of piperazine rings is 1. The molecule has 2 saturated heterocycles.